The van der Waals surface area contributed by atoms with Gasteiger partial charge in [-0.3, -0.25) is 4.79 Å². The summed E-state index contributed by atoms with van der Waals surface area (Å²) >= 11 is 5.61. The van der Waals surface area contributed by atoms with Gasteiger partial charge in [-0.15, -0.1) is 0 Å². The van der Waals surface area contributed by atoms with Crippen molar-refractivity contribution in [1.29, 1.82) is 0 Å². The molecule has 3 aromatic rings. The number of benzene rings is 2. The highest BCUT2D eigenvalue weighted by Gasteiger charge is 2.15. The molecule has 0 saturated carbocycles. The van der Waals surface area contributed by atoms with Crippen LogP contribution in [0.3, 0.4) is 0 Å². The summed E-state index contributed by atoms with van der Waals surface area (Å²) in [6, 6.07) is 12.1. The highest BCUT2D eigenvalue weighted by atomic mass is 32.1. The topological polar surface area (TPSA) is 51.4 Å². The number of thiocarbonyl (C=S) groups is 1. The Hall–Kier alpha value is -2.77. The number of aryl methyl sites for hydroxylation is 2. The van der Waals surface area contributed by atoms with Crippen molar-refractivity contribution in [2.24, 2.45) is 0 Å². The van der Waals surface area contributed by atoms with Crippen molar-refractivity contribution in [2.45, 2.75) is 20.4 Å². The normalized spacial score (nSPS) is 11.1. The lowest BCUT2D eigenvalue weighted by Gasteiger charge is -2.27. The van der Waals surface area contributed by atoms with Crippen LogP contribution in [0.15, 0.2) is 47.3 Å². The van der Waals surface area contributed by atoms with Gasteiger partial charge >= 0.3 is 0 Å². The second kappa shape index (κ2) is 9.36. The van der Waals surface area contributed by atoms with Gasteiger partial charge < -0.3 is 20.1 Å². The maximum Gasteiger partial charge on any atom is 0.253 e. The van der Waals surface area contributed by atoms with Crippen LogP contribution >= 0.6 is 12.2 Å². The summed E-state index contributed by atoms with van der Waals surface area (Å²) < 4.78 is 13.2. The third-order valence-electron chi connectivity index (χ3n) is 4.95. The van der Waals surface area contributed by atoms with Crippen LogP contribution < -0.4 is 10.9 Å². The fourth-order valence-electron chi connectivity index (χ4n) is 3.35. The second-order valence-corrected chi connectivity index (χ2v) is 8.22. The van der Waals surface area contributed by atoms with E-state index < -0.39 is 0 Å². The zero-order valence-electron chi connectivity index (χ0n) is 17.8. The number of aromatic amines is 1. The standard InChI is InChI=1S/C23H27FN4OS/c1-15-11-16(2)20-13-17(22(29)26-21(20)12-15)14-28(10-9-27(3)4)23(30)25-19-7-5-18(24)6-8-19/h5-8,11-13H,9-10,14H2,1-4H3,(H,25,30)(H,26,29). The Labute approximate surface area is 181 Å². The Morgan fingerprint density at radius 1 is 1.10 bits per heavy atom. The second-order valence-electron chi connectivity index (χ2n) is 7.83. The van der Waals surface area contributed by atoms with Crippen LogP contribution in [0, 0.1) is 19.7 Å². The predicted molar refractivity (Wildman–Crippen MR) is 126 cm³/mol. The molecule has 0 spiro atoms. The van der Waals surface area contributed by atoms with E-state index in [1.807, 2.05) is 45.0 Å². The lowest BCUT2D eigenvalue weighted by atomic mass is 10.0. The van der Waals surface area contributed by atoms with Crippen molar-refractivity contribution in [3.8, 4) is 0 Å². The van der Waals surface area contributed by atoms with E-state index in [4.69, 9.17) is 12.2 Å². The van der Waals surface area contributed by atoms with E-state index in [-0.39, 0.29) is 11.4 Å². The number of anilines is 1. The number of H-pyrrole nitrogens is 1. The zero-order valence-corrected chi connectivity index (χ0v) is 18.6. The maximum absolute atomic E-state index is 13.2. The SMILES string of the molecule is Cc1cc(C)c2cc(CN(CCN(C)C)C(=S)Nc3ccc(F)cc3)c(=O)[nH]c2c1. The predicted octanol–water partition coefficient (Wildman–Crippen LogP) is 4.04. The van der Waals surface area contributed by atoms with Gasteiger partial charge in [0.05, 0.1) is 6.54 Å². The molecule has 0 fully saturated rings. The molecule has 0 atom stereocenters. The molecule has 0 bridgehead atoms. The van der Waals surface area contributed by atoms with Crippen LogP contribution in [0.25, 0.3) is 10.9 Å². The molecular weight excluding hydrogens is 399 g/mol. The van der Waals surface area contributed by atoms with E-state index in [1.54, 1.807) is 12.1 Å². The number of halogens is 1. The molecular formula is C23H27FN4OS. The van der Waals surface area contributed by atoms with Crippen molar-refractivity contribution >= 4 is 33.9 Å². The Balaban J connectivity index is 1.88. The number of pyridine rings is 1. The molecule has 7 heteroatoms. The van der Waals surface area contributed by atoms with Gasteiger partial charge in [0.1, 0.15) is 5.82 Å². The lowest BCUT2D eigenvalue weighted by molar-refractivity contribution is 0.327. The van der Waals surface area contributed by atoms with Gasteiger partial charge in [0.25, 0.3) is 5.56 Å². The molecule has 158 valence electrons. The van der Waals surface area contributed by atoms with Crippen LogP contribution in [0.4, 0.5) is 10.1 Å². The maximum atomic E-state index is 13.2. The average molecular weight is 427 g/mol. The molecule has 0 saturated heterocycles. The van der Waals surface area contributed by atoms with Gasteiger partial charge in [0.2, 0.25) is 0 Å². The van der Waals surface area contributed by atoms with Crippen LogP contribution in [0.2, 0.25) is 0 Å². The first kappa shape index (κ1) is 21.9. The third-order valence-corrected chi connectivity index (χ3v) is 5.31. The highest BCUT2D eigenvalue weighted by molar-refractivity contribution is 7.80. The van der Waals surface area contributed by atoms with Crippen LogP contribution in [-0.4, -0.2) is 47.1 Å². The first-order valence-corrected chi connectivity index (χ1v) is 10.2. The summed E-state index contributed by atoms with van der Waals surface area (Å²) in [5.74, 6) is -0.302. The van der Waals surface area contributed by atoms with Crippen molar-refractivity contribution in [3.63, 3.8) is 0 Å². The largest absolute Gasteiger partial charge is 0.343 e. The molecule has 0 aliphatic carbocycles. The van der Waals surface area contributed by atoms with Gasteiger partial charge in [-0.25, -0.2) is 4.39 Å². The molecule has 2 aromatic carbocycles. The minimum absolute atomic E-state index is 0.119. The molecule has 1 aromatic heterocycles. The smallest absolute Gasteiger partial charge is 0.253 e. The molecule has 5 nitrogen and oxygen atoms in total. The number of fused-ring (bicyclic) bond motifs is 1. The van der Waals surface area contributed by atoms with Gasteiger partial charge in [-0.1, -0.05) is 6.07 Å². The fourth-order valence-corrected chi connectivity index (χ4v) is 3.62. The van der Waals surface area contributed by atoms with Gasteiger partial charge in [-0.05, 0) is 87.7 Å². The van der Waals surface area contributed by atoms with Gasteiger partial charge in [0.15, 0.2) is 5.11 Å². The Bertz CT molecular complexity index is 1110. The van der Waals surface area contributed by atoms with E-state index in [0.29, 0.717) is 29.5 Å². The Kier molecular flexibility index (Phi) is 6.84. The van der Waals surface area contributed by atoms with Crippen molar-refractivity contribution < 1.29 is 4.39 Å². The van der Waals surface area contributed by atoms with E-state index in [1.165, 1.54) is 12.1 Å². The summed E-state index contributed by atoms with van der Waals surface area (Å²) in [6.07, 6.45) is 0. The molecule has 0 aliphatic rings. The van der Waals surface area contributed by atoms with Crippen LogP contribution in [0.5, 0.6) is 0 Å². The quantitative estimate of drug-likeness (QED) is 0.583. The molecule has 0 aliphatic heterocycles. The van der Waals surface area contributed by atoms with Crippen LogP contribution in [-0.2, 0) is 6.54 Å². The molecule has 0 unspecified atom stereocenters. The molecule has 1 heterocycles. The molecule has 0 amide bonds. The zero-order chi connectivity index (χ0) is 21.8. The van der Waals surface area contributed by atoms with Crippen molar-refractivity contribution in [2.75, 3.05) is 32.5 Å². The highest BCUT2D eigenvalue weighted by Crippen LogP contribution is 2.19. The van der Waals surface area contributed by atoms with E-state index in [0.717, 1.165) is 28.6 Å². The van der Waals surface area contributed by atoms with E-state index in [9.17, 15) is 9.18 Å². The number of hydrogen-bond acceptors (Lipinski definition) is 3. The number of hydrogen-bond donors (Lipinski definition) is 2. The summed E-state index contributed by atoms with van der Waals surface area (Å²) in [7, 11) is 3.98. The molecule has 3 rings (SSSR count). The monoisotopic (exact) mass is 426 g/mol. The summed E-state index contributed by atoms with van der Waals surface area (Å²) in [5.41, 5.74) is 4.31. The number of rotatable bonds is 6. The Morgan fingerprint density at radius 2 is 1.80 bits per heavy atom. The molecule has 30 heavy (non-hydrogen) atoms. The Morgan fingerprint density at radius 3 is 2.47 bits per heavy atom. The first-order chi connectivity index (χ1) is 14.2. The number of aromatic nitrogens is 1. The first-order valence-electron chi connectivity index (χ1n) is 9.82. The van der Waals surface area contributed by atoms with E-state index in [2.05, 4.69) is 21.3 Å². The average Bonchev–Trinajstić information content (AvgIpc) is 2.67. The van der Waals surface area contributed by atoms with Gasteiger partial charge in [0, 0.05) is 35.2 Å². The summed E-state index contributed by atoms with van der Waals surface area (Å²) in [6.45, 7) is 5.85. The number of nitrogens with one attached hydrogen (secondary N) is 2. The van der Waals surface area contributed by atoms with Crippen molar-refractivity contribution in [1.82, 2.24) is 14.8 Å². The molecule has 2 N–H and O–H groups in total. The van der Waals surface area contributed by atoms with E-state index >= 15 is 0 Å². The minimum atomic E-state index is -0.302. The number of likely N-dealkylation sites (N-methyl/N-ethyl adjacent to an activating group) is 1. The fraction of sp³-hybridized carbons (Fsp3) is 0.304. The van der Waals surface area contributed by atoms with Gasteiger partial charge in [-0.2, -0.15) is 0 Å². The van der Waals surface area contributed by atoms with Crippen molar-refractivity contribution in [3.05, 3.63) is 75.3 Å². The lowest BCUT2D eigenvalue weighted by Crippen LogP contribution is -2.40. The minimum Gasteiger partial charge on any atom is -0.343 e. The molecule has 0 radical (unpaired) electrons. The summed E-state index contributed by atoms with van der Waals surface area (Å²) in [4.78, 5) is 19.8. The third kappa shape index (κ3) is 5.43. The number of nitrogens with zero attached hydrogens (tertiary/aromatic N) is 2. The summed E-state index contributed by atoms with van der Waals surface area (Å²) in [5, 5.41) is 4.67. The van der Waals surface area contributed by atoms with Crippen LogP contribution in [0.1, 0.15) is 16.7 Å².